The van der Waals surface area contributed by atoms with Gasteiger partial charge in [-0.3, -0.25) is 0 Å². The number of fused-ring (bicyclic) bond motifs is 1. The molecule has 2 unspecified atom stereocenters. The highest BCUT2D eigenvalue weighted by Gasteiger charge is 2.64. The van der Waals surface area contributed by atoms with Gasteiger partial charge in [-0.05, 0) is 48.4 Å². The van der Waals surface area contributed by atoms with E-state index in [1.165, 1.54) is 25.3 Å². The molecule has 0 aromatic heterocycles. The molecule has 0 spiro atoms. The van der Waals surface area contributed by atoms with E-state index in [1.807, 2.05) is 6.07 Å². The molecule has 2 aliphatic rings. The molecule has 3 rings (SSSR count). The van der Waals surface area contributed by atoms with E-state index in [0.717, 1.165) is 10.0 Å². The zero-order chi connectivity index (χ0) is 10.6. The fourth-order valence-electron chi connectivity index (χ4n) is 3.23. The highest BCUT2D eigenvalue weighted by molar-refractivity contribution is 9.10. The molecule has 2 N–H and O–H groups in total. The van der Waals surface area contributed by atoms with Crippen LogP contribution in [0.25, 0.3) is 0 Å². The van der Waals surface area contributed by atoms with Gasteiger partial charge in [-0.1, -0.05) is 22.4 Å². The summed E-state index contributed by atoms with van der Waals surface area (Å²) < 4.78 is 14.1. The number of nitrogens with two attached hydrogens (primary N) is 1. The highest BCUT2D eigenvalue weighted by Crippen LogP contribution is 2.64. The lowest BCUT2D eigenvalue weighted by Gasteiger charge is -2.16. The maximum Gasteiger partial charge on any atom is 0.124 e. The van der Waals surface area contributed by atoms with Gasteiger partial charge < -0.3 is 5.73 Å². The third kappa shape index (κ3) is 1.29. The lowest BCUT2D eigenvalue weighted by atomic mass is 9.97. The van der Waals surface area contributed by atoms with Crippen molar-refractivity contribution in [2.24, 2.45) is 17.6 Å². The normalized spacial score (nSPS) is 37.8. The Hall–Kier alpha value is -0.410. The van der Waals surface area contributed by atoms with Crippen LogP contribution in [0.5, 0.6) is 0 Å². The summed E-state index contributed by atoms with van der Waals surface area (Å²) in [4.78, 5) is 0. The van der Waals surface area contributed by atoms with E-state index in [-0.39, 0.29) is 11.4 Å². The minimum absolute atomic E-state index is 0.200. The van der Waals surface area contributed by atoms with Gasteiger partial charge >= 0.3 is 0 Å². The van der Waals surface area contributed by atoms with Crippen LogP contribution in [0, 0.1) is 17.7 Å². The summed E-state index contributed by atoms with van der Waals surface area (Å²) >= 11 is 3.32. The van der Waals surface area contributed by atoms with Crippen molar-refractivity contribution < 1.29 is 4.39 Å². The molecule has 1 aromatic carbocycles. The predicted octanol–water partition coefficient (Wildman–Crippen LogP) is 3.17. The standard InChI is InChI=1S/C12H13BrFN/c13-8-4-7(5-9(14)6-8)12(15)10-2-1-3-11(10)12/h4-6,10-11H,1-3,15H2. The van der Waals surface area contributed by atoms with E-state index in [4.69, 9.17) is 5.73 Å². The molecular weight excluding hydrogens is 257 g/mol. The van der Waals surface area contributed by atoms with Crippen molar-refractivity contribution in [3.05, 3.63) is 34.1 Å². The second kappa shape index (κ2) is 3.05. The van der Waals surface area contributed by atoms with Crippen LogP contribution in [-0.4, -0.2) is 0 Å². The van der Waals surface area contributed by atoms with Crippen molar-refractivity contribution in [3.8, 4) is 0 Å². The molecule has 0 saturated heterocycles. The van der Waals surface area contributed by atoms with Gasteiger partial charge in [0, 0.05) is 10.0 Å². The minimum atomic E-state index is -0.233. The van der Waals surface area contributed by atoms with E-state index in [2.05, 4.69) is 15.9 Å². The minimum Gasteiger partial charge on any atom is -0.321 e. The Morgan fingerprint density at radius 2 is 1.93 bits per heavy atom. The first-order valence-corrected chi connectivity index (χ1v) is 6.17. The molecule has 2 fully saturated rings. The monoisotopic (exact) mass is 269 g/mol. The van der Waals surface area contributed by atoms with Gasteiger partial charge in [-0.25, -0.2) is 4.39 Å². The Morgan fingerprint density at radius 3 is 2.53 bits per heavy atom. The Kier molecular flexibility index (Phi) is 1.99. The highest BCUT2D eigenvalue weighted by atomic mass is 79.9. The molecule has 0 bridgehead atoms. The fraction of sp³-hybridized carbons (Fsp3) is 0.500. The smallest absolute Gasteiger partial charge is 0.124 e. The lowest BCUT2D eigenvalue weighted by molar-refractivity contribution is 0.521. The van der Waals surface area contributed by atoms with Gasteiger partial charge in [0.15, 0.2) is 0 Å². The van der Waals surface area contributed by atoms with E-state index < -0.39 is 0 Å². The topological polar surface area (TPSA) is 26.0 Å². The molecular formula is C12H13BrFN. The van der Waals surface area contributed by atoms with Crippen LogP contribution < -0.4 is 5.73 Å². The summed E-state index contributed by atoms with van der Waals surface area (Å²) in [6.07, 6.45) is 3.69. The third-order valence-corrected chi connectivity index (χ3v) is 4.45. The van der Waals surface area contributed by atoms with Crippen LogP contribution in [0.3, 0.4) is 0 Å². The molecule has 15 heavy (non-hydrogen) atoms. The zero-order valence-electron chi connectivity index (χ0n) is 8.34. The average molecular weight is 270 g/mol. The number of hydrogen-bond donors (Lipinski definition) is 1. The van der Waals surface area contributed by atoms with Gasteiger partial charge in [-0.2, -0.15) is 0 Å². The van der Waals surface area contributed by atoms with Crippen LogP contribution in [-0.2, 0) is 5.54 Å². The summed E-state index contributed by atoms with van der Waals surface area (Å²) in [6.45, 7) is 0. The third-order valence-electron chi connectivity index (χ3n) is 4.00. The second-order valence-electron chi connectivity index (χ2n) is 4.74. The van der Waals surface area contributed by atoms with Crippen LogP contribution in [0.4, 0.5) is 4.39 Å². The van der Waals surface area contributed by atoms with Crippen molar-refractivity contribution in [1.29, 1.82) is 0 Å². The predicted molar refractivity (Wildman–Crippen MR) is 60.8 cm³/mol. The average Bonchev–Trinajstić information content (AvgIpc) is 2.61. The van der Waals surface area contributed by atoms with Crippen LogP contribution >= 0.6 is 15.9 Å². The van der Waals surface area contributed by atoms with Gasteiger partial charge in [0.05, 0.1) is 0 Å². The van der Waals surface area contributed by atoms with Crippen LogP contribution in [0.2, 0.25) is 0 Å². The van der Waals surface area contributed by atoms with E-state index in [1.54, 1.807) is 6.07 Å². The zero-order valence-corrected chi connectivity index (χ0v) is 9.93. The molecule has 0 amide bonds. The van der Waals surface area contributed by atoms with Gasteiger partial charge in [0.2, 0.25) is 0 Å². The van der Waals surface area contributed by atoms with Crippen molar-refractivity contribution in [2.75, 3.05) is 0 Å². The molecule has 1 aromatic rings. The largest absolute Gasteiger partial charge is 0.321 e. The maximum atomic E-state index is 13.3. The number of hydrogen-bond acceptors (Lipinski definition) is 1. The molecule has 0 radical (unpaired) electrons. The molecule has 1 nitrogen and oxygen atoms in total. The number of rotatable bonds is 1. The maximum absolute atomic E-state index is 13.3. The second-order valence-corrected chi connectivity index (χ2v) is 5.65. The molecule has 2 atom stereocenters. The number of benzene rings is 1. The first-order valence-electron chi connectivity index (χ1n) is 5.38. The Labute approximate surface area is 97.0 Å². The van der Waals surface area contributed by atoms with Crippen molar-refractivity contribution in [1.82, 2.24) is 0 Å². The van der Waals surface area contributed by atoms with E-state index >= 15 is 0 Å². The van der Waals surface area contributed by atoms with Crippen molar-refractivity contribution in [2.45, 2.75) is 24.8 Å². The van der Waals surface area contributed by atoms with Crippen molar-refractivity contribution in [3.63, 3.8) is 0 Å². The van der Waals surface area contributed by atoms with Crippen LogP contribution in [0.1, 0.15) is 24.8 Å². The summed E-state index contributed by atoms with van der Waals surface area (Å²) in [5.41, 5.74) is 7.10. The number of halogens is 2. The summed E-state index contributed by atoms with van der Waals surface area (Å²) in [5.74, 6) is 0.978. The molecule has 2 aliphatic carbocycles. The molecule has 80 valence electrons. The quantitative estimate of drug-likeness (QED) is 0.833. The molecule has 0 heterocycles. The summed E-state index contributed by atoms with van der Waals surface area (Å²) in [6, 6.07) is 5.02. The first kappa shape index (κ1) is 9.79. The Bertz CT molecular complexity index is 388. The molecule has 0 aliphatic heterocycles. The Morgan fingerprint density at radius 1 is 1.27 bits per heavy atom. The molecule has 3 heteroatoms. The van der Waals surface area contributed by atoms with Crippen LogP contribution in [0.15, 0.2) is 22.7 Å². The van der Waals surface area contributed by atoms with E-state index in [9.17, 15) is 4.39 Å². The van der Waals surface area contributed by atoms with Gasteiger partial charge in [0.1, 0.15) is 5.82 Å². The van der Waals surface area contributed by atoms with Gasteiger partial charge in [-0.15, -0.1) is 0 Å². The first-order chi connectivity index (χ1) is 7.12. The lowest BCUT2D eigenvalue weighted by Crippen LogP contribution is -2.25. The molecule has 2 saturated carbocycles. The fourth-order valence-corrected chi connectivity index (χ4v) is 3.70. The summed E-state index contributed by atoms with van der Waals surface area (Å²) in [7, 11) is 0. The SMILES string of the molecule is NC1(c2cc(F)cc(Br)c2)C2CCCC21. The Balaban J connectivity index is 2.00. The van der Waals surface area contributed by atoms with Gasteiger partial charge in [0.25, 0.3) is 0 Å². The van der Waals surface area contributed by atoms with Crippen molar-refractivity contribution >= 4 is 15.9 Å². The van der Waals surface area contributed by atoms with E-state index in [0.29, 0.717) is 11.8 Å². The summed E-state index contributed by atoms with van der Waals surface area (Å²) in [5, 5.41) is 0.